The van der Waals surface area contributed by atoms with Gasteiger partial charge in [0.2, 0.25) is 0 Å². The number of ether oxygens (including phenoxy) is 1. The highest BCUT2D eigenvalue weighted by atomic mass is 32.2. The zero-order chi connectivity index (χ0) is 18.7. The summed E-state index contributed by atoms with van der Waals surface area (Å²) in [6.07, 6.45) is 6.03. The fraction of sp³-hybridized carbons (Fsp3) is 0.850. The molecule has 5 nitrogen and oxygen atoms in total. The molecule has 4 fully saturated rings. The lowest BCUT2D eigenvalue weighted by Gasteiger charge is -2.50. The van der Waals surface area contributed by atoms with Gasteiger partial charge in [0.1, 0.15) is 6.10 Å². The van der Waals surface area contributed by atoms with E-state index < -0.39 is 15.4 Å². The summed E-state index contributed by atoms with van der Waals surface area (Å²) in [5.74, 6) is 0.830. The molecule has 26 heavy (non-hydrogen) atoms. The Morgan fingerprint density at radius 2 is 2.08 bits per heavy atom. The molecule has 0 spiro atoms. The fourth-order valence-corrected chi connectivity index (χ4v) is 8.12. The molecule has 0 radical (unpaired) electrons. The number of esters is 1. The first kappa shape index (κ1) is 18.5. The molecule has 0 aromatic carbocycles. The molecule has 0 unspecified atom stereocenters. The zero-order valence-electron chi connectivity index (χ0n) is 15.9. The molecule has 146 valence electrons. The van der Waals surface area contributed by atoms with Gasteiger partial charge in [-0.1, -0.05) is 19.1 Å². The van der Waals surface area contributed by atoms with Crippen LogP contribution in [0.5, 0.6) is 0 Å². The average Bonchev–Trinajstić information content (AvgIpc) is 2.98. The zero-order valence-corrected chi connectivity index (χ0v) is 16.7. The standard InChI is InChI=1S/C20H31NO4S/c1-13-5-4-6-19(2)10-17-14(9-16(13)19)15(18(22)25-17)11-21-20(3)7-8-26(23,24)12-20/h14-17,21H,1,4-12H2,2-3H3/t14-,15+,16-,17-,19+,20+/m0/s1. The summed E-state index contributed by atoms with van der Waals surface area (Å²) >= 11 is 0. The van der Waals surface area contributed by atoms with E-state index in [0.717, 1.165) is 19.3 Å². The number of carbonyl (C=O) groups is 1. The molecular weight excluding hydrogens is 350 g/mol. The topological polar surface area (TPSA) is 72.5 Å². The molecule has 2 aliphatic carbocycles. The van der Waals surface area contributed by atoms with Crippen LogP contribution in [0.4, 0.5) is 0 Å². The lowest BCUT2D eigenvalue weighted by atomic mass is 9.55. The maximum Gasteiger partial charge on any atom is 0.310 e. The third-order valence-electron chi connectivity index (χ3n) is 7.57. The van der Waals surface area contributed by atoms with Gasteiger partial charge in [-0.05, 0) is 56.8 Å². The van der Waals surface area contributed by atoms with Crippen LogP contribution in [0.25, 0.3) is 0 Å². The van der Waals surface area contributed by atoms with Crippen LogP contribution in [0, 0.1) is 23.2 Å². The Kier molecular flexibility index (Phi) is 4.31. The van der Waals surface area contributed by atoms with Gasteiger partial charge in [-0.25, -0.2) is 8.42 Å². The highest BCUT2D eigenvalue weighted by Gasteiger charge is 2.55. The smallest absolute Gasteiger partial charge is 0.310 e. The average molecular weight is 382 g/mol. The van der Waals surface area contributed by atoms with Gasteiger partial charge in [-0.15, -0.1) is 0 Å². The van der Waals surface area contributed by atoms with E-state index in [0.29, 0.717) is 18.9 Å². The van der Waals surface area contributed by atoms with Gasteiger partial charge < -0.3 is 10.1 Å². The summed E-state index contributed by atoms with van der Waals surface area (Å²) in [6, 6.07) is 0. The molecule has 4 rings (SSSR count). The van der Waals surface area contributed by atoms with E-state index in [4.69, 9.17) is 4.74 Å². The normalized spacial score (nSPS) is 47.3. The van der Waals surface area contributed by atoms with Crippen LogP contribution in [0.1, 0.15) is 52.4 Å². The Bertz CT molecular complexity index is 732. The van der Waals surface area contributed by atoms with E-state index in [9.17, 15) is 13.2 Å². The molecule has 1 N–H and O–H groups in total. The molecule has 2 aliphatic heterocycles. The van der Waals surface area contributed by atoms with Crippen molar-refractivity contribution in [1.29, 1.82) is 0 Å². The Labute approximate surface area is 156 Å². The molecule has 2 saturated heterocycles. The first-order valence-electron chi connectivity index (χ1n) is 9.95. The van der Waals surface area contributed by atoms with Gasteiger partial charge in [-0.2, -0.15) is 0 Å². The largest absolute Gasteiger partial charge is 0.462 e. The van der Waals surface area contributed by atoms with Gasteiger partial charge in [0.05, 0.1) is 17.4 Å². The van der Waals surface area contributed by atoms with Gasteiger partial charge in [0.25, 0.3) is 0 Å². The lowest BCUT2D eigenvalue weighted by Crippen LogP contribution is -2.49. The third-order valence-corrected chi connectivity index (χ3v) is 9.48. The summed E-state index contributed by atoms with van der Waals surface area (Å²) < 4.78 is 29.4. The molecule has 0 aromatic rings. The van der Waals surface area contributed by atoms with Crippen molar-refractivity contribution in [3.63, 3.8) is 0 Å². The Morgan fingerprint density at radius 3 is 2.77 bits per heavy atom. The van der Waals surface area contributed by atoms with Crippen molar-refractivity contribution in [2.24, 2.45) is 23.2 Å². The summed E-state index contributed by atoms with van der Waals surface area (Å²) in [6.45, 7) is 9.14. The molecule has 0 bridgehead atoms. The number of hydrogen-bond acceptors (Lipinski definition) is 5. The Balaban J connectivity index is 1.47. The van der Waals surface area contributed by atoms with E-state index in [1.807, 2.05) is 6.92 Å². The predicted octanol–water partition coefficient (Wildman–Crippen LogP) is 2.47. The van der Waals surface area contributed by atoms with Crippen LogP contribution in [-0.4, -0.2) is 44.1 Å². The minimum Gasteiger partial charge on any atom is -0.462 e. The summed E-state index contributed by atoms with van der Waals surface area (Å²) in [7, 11) is -2.96. The third kappa shape index (κ3) is 3.13. The predicted molar refractivity (Wildman–Crippen MR) is 100 cm³/mol. The first-order chi connectivity index (χ1) is 12.1. The molecule has 2 heterocycles. The monoisotopic (exact) mass is 381 g/mol. The number of carbonyl (C=O) groups excluding carboxylic acids is 1. The highest BCUT2D eigenvalue weighted by Crippen LogP contribution is 2.56. The second-order valence-corrected chi connectivity index (χ2v) is 11.9. The first-order valence-corrected chi connectivity index (χ1v) is 11.8. The van der Waals surface area contributed by atoms with Gasteiger partial charge in [0.15, 0.2) is 9.84 Å². The van der Waals surface area contributed by atoms with Crippen molar-refractivity contribution in [3.8, 4) is 0 Å². The van der Waals surface area contributed by atoms with Crippen molar-refractivity contribution in [2.75, 3.05) is 18.1 Å². The molecule has 4 aliphatic rings. The van der Waals surface area contributed by atoms with Crippen LogP contribution < -0.4 is 5.32 Å². The van der Waals surface area contributed by atoms with Crippen molar-refractivity contribution >= 4 is 15.8 Å². The quantitative estimate of drug-likeness (QED) is 0.601. The number of rotatable bonds is 3. The van der Waals surface area contributed by atoms with E-state index >= 15 is 0 Å². The van der Waals surface area contributed by atoms with Crippen molar-refractivity contribution < 1.29 is 17.9 Å². The van der Waals surface area contributed by atoms with E-state index in [2.05, 4.69) is 18.8 Å². The summed E-state index contributed by atoms with van der Waals surface area (Å²) in [5, 5.41) is 3.41. The summed E-state index contributed by atoms with van der Waals surface area (Å²) in [5.41, 5.74) is 1.14. The maximum atomic E-state index is 12.6. The number of allylic oxidation sites excluding steroid dienone is 1. The molecule has 0 amide bonds. The second-order valence-electron chi connectivity index (χ2n) is 9.69. The lowest BCUT2D eigenvalue weighted by molar-refractivity contribution is -0.146. The van der Waals surface area contributed by atoms with E-state index in [1.54, 1.807) is 0 Å². The van der Waals surface area contributed by atoms with Crippen molar-refractivity contribution in [2.45, 2.75) is 64.0 Å². The summed E-state index contributed by atoms with van der Waals surface area (Å²) in [4.78, 5) is 12.6. The number of sulfone groups is 1. The Hall–Kier alpha value is -0.880. The minimum absolute atomic E-state index is 0.0153. The van der Waals surface area contributed by atoms with Crippen LogP contribution in [0.15, 0.2) is 12.2 Å². The van der Waals surface area contributed by atoms with Gasteiger partial charge >= 0.3 is 5.97 Å². The van der Waals surface area contributed by atoms with Crippen molar-refractivity contribution in [1.82, 2.24) is 5.32 Å². The second kappa shape index (κ2) is 6.06. The number of nitrogens with one attached hydrogen (secondary N) is 1. The minimum atomic E-state index is -2.96. The SMILES string of the molecule is C=C1CCC[C@]2(C)C[C@@H]3OC(=O)[C@H](CN[C@]4(C)CCS(=O)(=O)C4)[C@@H]3C[C@@H]12. The van der Waals surface area contributed by atoms with Crippen LogP contribution in [0.3, 0.4) is 0 Å². The molecule has 0 aromatic heterocycles. The number of hydrogen-bond donors (Lipinski definition) is 1. The van der Waals surface area contributed by atoms with Gasteiger partial charge in [0, 0.05) is 18.0 Å². The van der Waals surface area contributed by atoms with E-state index in [1.165, 1.54) is 18.4 Å². The molecule has 6 atom stereocenters. The van der Waals surface area contributed by atoms with E-state index in [-0.39, 0.29) is 40.8 Å². The molecule has 6 heteroatoms. The van der Waals surface area contributed by atoms with Crippen LogP contribution in [0.2, 0.25) is 0 Å². The van der Waals surface area contributed by atoms with Crippen LogP contribution in [-0.2, 0) is 19.4 Å². The van der Waals surface area contributed by atoms with Crippen molar-refractivity contribution in [3.05, 3.63) is 12.2 Å². The van der Waals surface area contributed by atoms with Gasteiger partial charge in [-0.3, -0.25) is 4.79 Å². The van der Waals surface area contributed by atoms with Crippen LogP contribution >= 0.6 is 0 Å². The Morgan fingerprint density at radius 1 is 1.31 bits per heavy atom. The molecule has 2 saturated carbocycles. The fourth-order valence-electron chi connectivity index (χ4n) is 6.00. The number of fused-ring (bicyclic) bond motifs is 2. The molecular formula is C20H31NO4S. The maximum absolute atomic E-state index is 12.6. The highest BCUT2D eigenvalue weighted by molar-refractivity contribution is 7.91.